The molecule has 1 amide bonds. The van der Waals surface area contributed by atoms with Gasteiger partial charge in [-0.25, -0.2) is 0 Å². The Hall–Kier alpha value is -3.06. The first-order valence-corrected chi connectivity index (χ1v) is 9.88. The number of amides is 1. The number of rotatable bonds is 5. The van der Waals surface area contributed by atoms with Crippen molar-refractivity contribution in [1.29, 1.82) is 0 Å². The number of hydrogen-bond acceptors (Lipinski definition) is 6. The summed E-state index contributed by atoms with van der Waals surface area (Å²) >= 11 is 1.01. The van der Waals surface area contributed by atoms with Crippen molar-refractivity contribution in [3.8, 4) is 11.5 Å². The van der Waals surface area contributed by atoms with E-state index in [0.29, 0.717) is 30.1 Å². The van der Waals surface area contributed by atoms with Gasteiger partial charge in [0.1, 0.15) is 11.5 Å². The molecule has 1 aliphatic rings. The minimum absolute atomic E-state index is 0.0557. The van der Waals surface area contributed by atoms with E-state index in [9.17, 15) is 9.59 Å². The van der Waals surface area contributed by atoms with Crippen LogP contribution in [0.25, 0.3) is 0 Å². The zero-order valence-electron chi connectivity index (χ0n) is 15.2. The summed E-state index contributed by atoms with van der Waals surface area (Å²) in [4.78, 5) is 27.1. The number of aromatic nitrogens is 2. The zero-order valence-corrected chi connectivity index (χ0v) is 16.0. The lowest BCUT2D eigenvalue weighted by Crippen LogP contribution is -2.42. The topological polar surface area (TPSA) is 72.4 Å². The quantitative estimate of drug-likeness (QED) is 0.611. The van der Waals surface area contributed by atoms with Gasteiger partial charge in [-0.15, -0.1) is 0 Å². The first kappa shape index (κ1) is 18.3. The lowest BCUT2D eigenvalue weighted by molar-refractivity contribution is 0.0633. The number of likely N-dealkylation sites (tertiary alicyclic amines) is 1. The van der Waals surface area contributed by atoms with E-state index < -0.39 is 0 Å². The molecule has 142 valence electrons. The van der Waals surface area contributed by atoms with Crippen LogP contribution in [0.2, 0.25) is 0 Å². The lowest BCUT2D eigenvalue weighted by Gasteiger charge is -2.31. The molecule has 1 aliphatic heterocycles. The summed E-state index contributed by atoms with van der Waals surface area (Å²) in [5.74, 6) is 1.13. The molecule has 0 bridgehead atoms. The van der Waals surface area contributed by atoms with Crippen molar-refractivity contribution in [2.24, 2.45) is 5.92 Å². The number of piperidine rings is 1. The van der Waals surface area contributed by atoms with Gasteiger partial charge in [0.15, 0.2) is 11.5 Å². The number of carbonyl (C=O) groups is 2. The van der Waals surface area contributed by atoms with E-state index in [-0.39, 0.29) is 17.6 Å². The van der Waals surface area contributed by atoms with Crippen LogP contribution in [-0.2, 0) is 0 Å². The highest BCUT2D eigenvalue weighted by Gasteiger charge is 2.30. The fraction of sp³-hybridized carbons (Fsp3) is 0.238. The molecular weight excluding hydrogens is 374 g/mol. The van der Waals surface area contributed by atoms with E-state index in [2.05, 4.69) is 8.75 Å². The van der Waals surface area contributed by atoms with E-state index in [4.69, 9.17) is 4.74 Å². The normalized spacial score (nSPS) is 16.6. The molecule has 1 fully saturated rings. The lowest BCUT2D eigenvalue weighted by atomic mass is 9.90. The molecule has 4 rings (SSSR count). The number of ketones is 1. The molecular formula is C21H19N3O3S. The van der Waals surface area contributed by atoms with Gasteiger partial charge in [-0.05, 0) is 49.2 Å². The molecule has 0 N–H and O–H groups in total. The molecule has 3 aromatic rings. The smallest absolute Gasteiger partial charge is 0.275 e. The highest BCUT2D eigenvalue weighted by atomic mass is 32.1. The van der Waals surface area contributed by atoms with E-state index in [1.807, 2.05) is 30.3 Å². The number of benzene rings is 2. The number of ether oxygens (including phenoxy) is 1. The van der Waals surface area contributed by atoms with Crippen LogP contribution < -0.4 is 4.74 Å². The van der Waals surface area contributed by atoms with Crippen LogP contribution in [0.3, 0.4) is 0 Å². The second-order valence-electron chi connectivity index (χ2n) is 6.69. The van der Waals surface area contributed by atoms with Crippen LogP contribution in [0.4, 0.5) is 0 Å². The molecule has 0 spiro atoms. The minimum Gasteiger partial charge on any atom is -0.457 e. The SMILES string of the molecule is O=C(c1ccc(Oc2ccccc2)cc1)C1CCCN(C(=O)c2cnsn2)C1. The van der Waals surface area contributed by atoms with Crippen LogP contribution in [0.15, 0.2) is 60.8 Å². The standard InChI is InChI=1S/C21H19N3O3S/c25-20(15-8-10-18(11-9-15)27-17-6-2-1-3-7-17)16-5-4-12-24(14-16)21(26)19-13-22-28-23-19/h1-3,6-11,13,16H,4-5,12,14H2. The van der Waals surface area contributed by atoms with E-state index >= 15 is 0 Å². The molecule has 6 nitrogen and oxygen atoms in total. The molecule has 1 aromatic heterocycles. The van der Waals surface area contributed by atoms with Gasteiger partial charge in [-0.3, -0.25) is 9.59 Å². The summed E-state index contributed by atoms with van der Waals surface area (Å²) in [6, 6.07) is 16.7. The maximum Gasteiger partial charge on any atom is 0.275 e. The number of carbonyl (C=O) groups excluding carboxylic acids is 2. The van der Waals surface area contributed by atoms with Crippen LogP contribution in [0, 0.1) is 5.92 Å². The minimum atomic E-state index is -0.204. The molecule has 1 atom stereocenters. The molecule has 1 saturated heterocycles. The average molecular weight is 393 g/mol. The van der Waals surface area contributed by atoms with E-state index in [1.54, 1.807) is 29.2 Å². The summed E-state index contributed by atoms with van der Waals surface area (Å²) in [5.41, 5.74) is 0.982. The van der Waals surface area contributed by atoms with Gasteiger partial charge in [0, 0.05) is 24.6 Å². The maximum atomic E-state index is 12.9. The van der Waals surface area contributed by atoms with Crippen molar-refractivity contribution in [2.75, 3.05) is 13.1 Å². The third-order valence-electron chi connectivity index (χ3n) is 4.78. The van der Waals surface area contributed by atoms with Crippen molar-refractivity contribution in [1.82, 2.24) is 13.6 Å². The van der Waals surface area contributed by atoms with Gasteiger partial charge in [0.05, 0.1) is 17.9 Å². The fourth-order valence-electron chi connectivity index (χ4n) is 3.34. The van der Waals surface area contributed by atoms with Crippen LogP contribution in [0.5, 0.6) is 11.5 Å². The largest absolute Gasteiger partial charge is 0.457 e. The van der Waals surface area contributed by atoms with Crippen LogP contribution >= 0.6 is 11.7 Å². The Labute approximate surface area is 167 Å². The number of nitrogens with zero attached hydrogens (tertiary/aromatic N) is 3. The van der Waals surface area contributed by atoms with Gasteiger partial charge in [-0.1, -0.05) is 18.2 Å². The highest BCUT2D eigenvalue weighted by molar-refractivity contribution is 6.99. The van der Waals surface area contributed by atoms with Crippen molar-refractivity contribution in [3.63, 3.8) is 0 Å². The summed E-state index contributed by atoms with van der Waals surface area (Å²) in [6.07, 6.45) is 3.05. The van der Waals surface area contributed by atoms with Crippen LogP contribution in [-0.4, -0.2) is 38.4 Å². The number of para-hydroxylation sites is 1. The maximum absolute atomic E-state index is 12.9. The average Bonchev–Trinajstić information content (AvgIpc) is 3.29. The summed E-state index contributed by atoms with van der Waals surface area (Å²) in [6.45, 7) is 1.06. The fourth-order valence-corrected chi connectivity index (χ4v) is 3.75. The predicted octanol–water partition coefficient (Wildman–Crippen LogP) is 4.07. The molecule has 2 aromatic carbocycles. The van der Waals surface area contributed by atoms with Crippen LogP contribution in [0.1, 0.15) is 33.7 Å². The Morgan fingerprint density at radius 3 is 2.50 bits per heavy atom. The Morgan fingerprint density at radius 2 is 1.79 bits per heavy atom. The second-order valence-corrected chi connectivity index (χ2v) is 7.24. The van der Waals surface area contributed by atoms with Crippen molar-refractivity contribution < 1.29 is 14.3 Å². The highest BCUT2D eigenvalue weighted by Crippen LogP contribution is 2.25. The third kappa shape index (κ3) is 4.09. The number of hydrogen-bond donors (Lipinski definition) is 0. The first-order chi connectivity index (χ1) is 13.7. The van der Waals surface area contributed by atoms with Crippen molar-refractivity contribution >= 4 is 23.4 Å². The summed E-state index contributed by atoms with van der Waals surface area (Å²) in [7, 11) is 0. The molecule has 0 saturated carbocycles. The molecule has 0 radical (unpaired) electrons. The predicted molar refractivity (Wildman–Crippen MR) is 106 cm³/mol. The van der Waals surface area contributed by atoms with Gasteiger partial charge >= 0.3 is 0 Å². The Balaban J connectivity index is 1.41. The first-order valence-electron chi connectivity index (χ1n) is 9.15. The molecule has 1 unspecified atom stereocenters. The molecule has 0 aliphatic carbocycles. The zero-order chi connectivity index (χ0) is 19.3. The Bertz CT molecular complexity index is 943. The van der Waals surface area contributed by atoms with Gasteiger partial charge < -0.3 is 9.64 Å². The Kier molecular flexibility index (Phi) is 5.43. The monoisotopic (exact) mass is 393 g/mol. The third-order valence-corrected chi connectivity index (χ3v) is 5.26. The van der Waals surface area contributed by atoms with Crippen molar-refractivity contribution in [2.45, 2.75) is 12.8 Å². The molecule has 2 heterocycles. The molecule has 28 heavy (non-hydrogen) atoms. The summed E-state index contributed by atoms with van der Waals surface area (Å²) in [5, 5.41) is 0. The van der Waals surface area contributed by atoms with Gasteiger partial charge in [0.25, 0.3) is 5.91 Å². The van der Waals surface area contributed by atoms with Gasteiger partial charge in [-0.2, -0.15) is 8.75 Å². The molecule has 7 heteroatoms. The van der Waals surface area contributed by atoms with Crippen molar-refractivity contribution in [3.05, 3.63) is 72.1 Å². The second kappa shape index (κ2) is 8.31. The van der Waals surface area contributed by atoms with E-state index in [0.717, 1.165) is 30.3 Å². The Morgan fingerprint density at radius 1 is 1.04 bits per heavy atom. The van der Waals surface area contributed by atoms with Gasteiger partial charge in [0.2, 0.25) is 0 Å². The number of Topliss-reactive ketones (excluding diaryl/α,β-unsaturated/α-hetero) is 1. The van der Waals surface area contributed by atoms with E-state index in [1.165, 1.54) is 6.20 Å². The summed E-state index contributed by atoms with van der Waals surface area (Å²) < 4.78 is 13.7.